The molecule has 2 saturated heterocycles. The number of furan rings is 1. The van der Waals surface area contributed by atoms with Gasteiger partial charge in [0.1, 0.15) is 17.6 Å². The van der Waals surface area contributed by atoms with Crippen molar-refractivity contribution >= 4 is 40.5 Å². The lowest BCUT2D eigenvalue weighted by molar-refractivity contribution is 0.0818. The highest BCUT2D eigenvalue weighted by Gasteiger charge is 2.42. The molecule has 0 aliphatic carbocycles. The number of nitrogens with zero attached hydrogens (tertiary/aromatic N) is 2. The van der Waals surface area contributed by atoms with Crippen molar-refractivity contribution in [1.29, 1.82) is 0 Å². The van der Waals surface area contributed by atoms with Gasteiger partial charge in [0.25, 0.3) is 0 Å². The summed E-state index contributed by atoms with van der Waals surface area (Å²) in [4.78, 5) is 6.73. The first kappa shape index (κ1) is 20.8. The van der Waals surface area contributed by atoms with E-state index in [-0.39, 0.29) is 18.2 Å². The van der Waals surface area contributed by atoms with Crippen LogP contribution in [0.3, 0.4) is 0 Å². The molecule has 0 bridgehead atoms. The number of pyridine rings is 1. The van der Waals surface area contributed by atoms with Crippen molar-refractivity contribution in [3.63, 3.8) is 0 Å². The van der Waals surface area contributed by atoms with Crippen molar-refractivity contribution < 1.29 is 9.15 Å². The number of nitrogens with one attached hydrogen (secondary N) is 1. The molecule has 0 amide bonds. The molecule has 2 aliphatic rings. The fourth-order valence-corrected chi connectivity index (χ4v) is 5.08. The van der Waals surface area contributed by atoms with Crippen molar-refractivity contribution in [1.82, 2.24) is 15.2 Å². The molecular formula is C23H21Cl2N3O2S. The maximum atomic E-state index is 6.41. The van der Waals surface area contributed by atoms with Crippen LogP contribution < -0.4 is 5.32 Å². The highest BCUT2D eigenvalue weighted by Crippen LogP contribution is 2.42. The maximum Gasteiger partial charge on any atom is 0.170 e. The van der Waals surface area contributed by atoms with Crippen molar-refractivity contribution in [2.75, 3.05) is 13.2 Å². The van der Waals surface area contributed by atoms with Gasteiger partial charge in [0, 0.05) is 29.9 Å². The topological polar surface area (TPSA) is 50.5 Å². The average molecular weight is 474 g/mol. The zero-order valence-electron chi connectivity index (χ0n) is 16.6. The first-order valence-corrected chi connectivity index (χ1v) is 11.4. The molecule has 2 aliphatic heterocycles. The zero-order valence-corrected chi connectivity index (χ0v) is 19.0. The van der Waals surface area contributed by atoms with Crippen LogP contribution in [0.15, 0.2) is 59.1 Å². The molecule has 2 aromatic heterocycles. The second-order valence-corrected chi connectivity index (χ2v) is 8.97. The fraction of sp³-hybridized carbons (Fsp3) is 0.304. The SMILES string of the molecule is S=C1N[C@H](c2ccccn2)[C@@H](c2ccc(-c3ccc(Cl)cc3Cl)o2)N1C[C@@H]1CCCO1. The lowest BCUT2D eigenvalue weighted by Gasteiger charge is -2.28. The van der Waals surface area contributed by atoms with Gasteiger partial charge < -0.3 is 19.4 Å². The summed E-state index contributed by atoms with van der Waals surface area (Å²) in [5.74, 6) is 1.48. The van der Waals surface area contributed by atoms with Crippen molar-refractivity contribution in [3.05, 3.63) is 76.2 Å². The molecule has 5 rings (SSSR count). The lowest BCUT2D eigenvalue weighted by Crippen LogP contribution is -2.36. The van der Waals surface area contributed by atoms with Gasteiger partial charge in [0.2, 0.25) is 0 Å². The number of halogens is 2. The quantitative estimate of drug-likeness (QED) is 0.472. The van der Waals surface area contributed by atoms with Crippen LogP contribution in [0.2, 0.25) is 10.0 Å². The van der Waals surface area contributed by atoms with E-state index in [1.165, 1.54) is 0 Å². The molecule has 1 N–H and O–H groups in total. The van der Waals surface area contributed by atoms with Crippen LogP contribution in [0.4, 0.5) is 0 Å². The van der Waals surface area contributed by atoms with Crippen LogP contribution in [0.25, 0.3) is 11.3 Å². The molecule has 160 valence electrons. The minimum absolute atomic E-state index is 0.130. The lowest BCUT2D eigenvalue weighted by atomic mass is 10.0. The molecule has 0 radical (unpaired) electrons. The molecule has 4 heterocycles. The van der Waals surface area contributed by atoms with E-state index in [4.69, 9.17) is 44.6 Å². The van der Waals surface area contributed by atoms with E-state index in [0.29, 0.717) is 27.5 Å². The Morgan fingerprint density at radius 2 is 2.06 bits per heavy atom. The van der Waals surface area contributed by atoms with E-state index in [9.17, 15) is 0 Å². The van der Waals surface area contributed by atoms with Gasteiger partial charge in [-0.2, -0.15) is 0 Å². The summed E-state index contributed by atoms with van der Waals surface area (Å²) in [6.45, 7) is 1.50. The van der Waals surface area contributed by atoms with Crippen LogP contribution in [-0.4, -0.2) is 34.3 Å². The second-order valence-electron chi connectivity index (χ2n) is 7.74. The summed E-state index contributed by atoms with van der Waals surface area (Å²) >= 11 is 18.2. The molecule has 5 nitrogen and oxygen atoms in total. The Bertz CT molecular complexity index is 1090. The van der Waals surface area contributed by atoms with Gasteiger partial charge in [0.05, 0.1) is 22.9 Å². The molecule has 1 aromatic carbocycles. The standard InChI is InChI=1S/C23H21Cl2N3O2S/c24-14-6-7-16(17(25)12-14)19-8-9-20(30-19)22-21(18-5-1-2-10-26-18)27-23(31)28(22)13-15-4-3-11-29-15/h1-2,5-10,12,15,21-22H,3-4,11,13H2,(H,27,31)/t15-,21+,22+/m0/s1. The van der Waals surface area contributed by atoms with Gasteiger partial charge >= 0.3 is 0 Å². The van der Waals surface area contributed by atoms with Crippen LogP contribution in [-0.2, 0) is 4.74 Å². The largest absolute Gasteiger partial charge is 0.459 e. The third-order valence-electron chi connectivity index (χ3n) is 5.74. The molecule has 2 fully saturated rings. The maximum absolute atomic E-state index is 6.41. The van der Waals surface area contributed by atoms with Gasteiger partial charge in [-0.3, -0.25) is 4.98 Å². The highest BCUT2D eigenvalue weighted by molar-refractivity contribution is 7.80. The number of thiocarbonyl (C=S) groups is 1. The summed E-state index contributed by atoms with van der Waals surface area (Å²) in [6, 6.07) is 14.9. The Morgan fingerprint density at radius 3 is 2.81 bits per heavy atom. The third kappa shape index (κ3) is 4.17. The van der Waals surface area contributed by atoms with Crippen LogP contribution in [0.5, 0.6) is 0 Å². The molecular weight excluding hydrogens is 453 g/mol. The van der Waals surface area contributed by atoms with Crippen molar-refractivity contribution in [3.8, 4) is 11.3 Å². The summed E-state index contributed by atoms with van der Waals surface area (Å²) in [7, 11) is 0. The minimum Gasteiger partial charge on any atom is -0.459 e. The van der Waals surface area contributed by atoms with E-state index in [0.717, 1.165) is 36.5 Å². The Kier molecular flexibility index (Phi) is 5.89. The molecule has 0 unspecified atom stereocenters. The van der Waals surface area contributed by atoms with Crippen LogP contribution >= 0.6 is 35.4 Å². The van der Waals surface area contributed by atoms with Crippen molar-refractivity contribution in [2.24, 2.45) is 0 Å². The monoisotopic (exact) mass is 473 g/mol. The smallest absolute Gasteiger partial charge is 0.170 e. The van der Waals surface area contributed by atoms with Gasteiger partial charge in [-0.1, -0.05) is 29.3 Å². The van der Waals surface area contributed by atoms with Crippen molar-refractivity contribution in [2.45, 2.75) is 31.0 Å². The molecule has 8 heteroatoms. The number of rotatable bonds is 5. The highest BCUT2D eigenvalue weighted by atomic mass is 35.5. The molecule has 31 heavy (non-hydrogen) atoms. The molecule has 3 aromatic rings. The van der Waals surface area contributed by atoms with Gasteiger partial charge in [-0.05, 0) is 67.5 Å². The third-order valence-corrected chi connectivity index (χ3v) is 6.64. The number of hydrogen-bond acceptors (Lipinski definition) is 4. The predicted molar refractivity (Wildman–Crippen MR) is 125 cm³/mol. The first-order valence-electron chi connectivity index (χ1n) is 10.2. The van der Waals surface area contributed by atoms with E-state index in [2.05, 4.69) is 15.2 Å². The summed E-state index contributed by atoms with van der Waals surface area (Å²) in [5.41, 5.74) is 1.71. The summed E-state index contributed by atoms with van der Waals surface area (Å²) in [5, 5.41) is 5.26. The van der Waals surface area contributed by atoms with Crippen LogP contribution in [0.1, 0.15) is 36.4 Å². The molecule has 3 atom stereocenters. The Balaban J connectivity index is 1.51. The molecule has 0 saturated carbocycles. The van der Waals surface area contributed by atoms with Gasteiger partial charge in [-0.25, -0.2) is 0 Å². The summed E-state index contributed by atoms with van der Waals surface area (Å²) in [6.07, 6.45) is 4.06. The van der Waals surface area contributed by atoms with E-state index >= 15 is 0 Å². The molecule has 0 spiro atoms. The average Bonchev–Trinajstić information content (AvgIpc) is 3.51. The predicted octanol–water partition coefficient (Wildman–Crippen LogP) is 5.80. The number of ether oxygens (including phenoxy) is 1. The second kappa shape index (κ2) is 8.79. The van der Waals surface area contributed by atoms with E-state index in [1.54, 1.807) is 18.3 Å². The summed E-state index contributed by atoms with van der Waals surface area (Å²) < 4.78 is 12.2. The fourth-order valence-electron chi connectivity index (χ4n) is 4.26. The number of hydrogen-bond donors (Lipinski definition) is 1. The van der Waals surface area contributed by atoms with E-state index < -0.39 is 0 Å². The minimum atomic E-state index is -0.147. The zero-order chi connectivity index (χ0) is 21.4. The Hall–Kier alpha value is -2.12. The first-order chi connectivity index (χ1) is 15.1. The van der Waals surface area contributed by atoms with Gasteiger partial charge in [0.15, 0.2) is 5.11 Å². The number of benzene rings is 1. The van der Waals surface area contributed by atoms with E-state index in [1.807, 2.05) is 36.4 Å². The normalized spacial score (nSPS) is 23.4. The Morgan fingerprint density at radius 1 is 1.16 bits per heavy atom. The number of aromatic nitrogens is 1. The van der Waals surface area contributed by atoms with Crippen LogP contribution in [0, 0.1) is 0 Å². The Labute approximate surface area is 196 Å². The van der Waals surface area contributed by atoms with Gasteiger partial charge in [-0.15, -0.1) is 0 Å².